The van der Waals surface area contributed by atoms with Crippen LogP contribution in [-0.2, 0) is 10.0 Å². The Kier molecular flexibility index (Phi) is 7.09. The van der Waals surface area contributed by atoms with Gasteiger partial charge in [-0.25, -0.2) is 8.42 Å². The lowest BCUT2D eigenvalue weighted by Gasteiger charge is -2.22. The van der Waals surface area contributed by atoms with E-state index >= 15 is 0 Å². The number of amides is 1. The largest absolute Gasteiger partial charge is 0.336 e. The van der Waals surface area contributed by atoms with Crippen LogP contribution in [0.5, 0.6) is 0 Å². The van der Waals surface area contributed by atoms with Gasteiger partial charge < -0.3 is 10.6 Å². The molecule has 1 aliphatic heterocycles. The normalized spacial score (nSPS) is 19.2. The molecular formula is C20H26ClN3O3S. The molecule has 0 bridgehead atoms. The van der Waals surface area contributed by atoms with Gasteiger partial charge in [0, 0.05) is 23.8 Å². The molecule has 2 unspecified atom stereocenters. The molecule has 2 aromatic carbocycles. The number of nitrogens with two attached hydrogens (primary N) is 1. The van der Waals surface area contributed by atoms with Crippen molar-refractivity contribution in [1.29, 1.82) is 0 Å². The van der Waals surface area contributed by atoms with Gasteiger partial charge in [-0.2, -0.15) is 0 Å². The smallest absolute Gasteiger partial charge is 0.261 e. The van der Waals surface area contributed by atoms with E-state index in [-0.39, 0.29) is 29.3 Å². The monoisotopic (exact) mass is 423 g/mol. The number of nitrogens with zero attached hydrogens (tertiary/aromatic N) is 1. The van der Waals surface area contributed by atoms with Crippen molar-refractivity contribution in [2.24, 2.45) is 11.7 Å². The highest BCUT2D eigenvalue weighted by molar-refractivity contribution is 7.92. The molecule has 0 radical (unpaired) electrons. The van der Waals surface area contributed by atoms with Crippen LogP contribution in [0.2, 0.25) is 0 Å². The average Bonchev–Trinajstić information content (AvgIpc) is 3.04. The van der Waals surface area contributed by atoms with Gasteiger partial charge in [-0.05, 0) is 63.1 Å². The number of aryl methyl sites for hydroxylation is 1. The van der Waals surface area contributed by atoms with Crippen molar-refractivity contribution >= 4 is 34.0 Å². The summed E-state index contributed by atoms with van der Waals surface area (Å²) in [7, 11) is -3.78. The van der Waals surface area contributed by atoms with Crippen molar-refractivity contribution in [3.63, 3.8) is 0 Å². The van der Waals surface area contributed by atoms with Crippen LogP contribution in [0.15, 0.2) is 53.4 Å². The highest BCUT2D eigenvalue weighted by atomic mass is 35.5. The number of anilines is 1. The predicted molar refractivity (Wildman–Crippen MR) is 113 cm³/mol. The van der Waals surface area contributed by atoms with Crippen LogP contribution in [0.1, 0.15) is 29.3 Å². The van der Waals surface area contributed by atoms with Gasteiger partial charge in [-0.3, -0.25) is 9.52 Å². The van der Waals surface area contributed by atoms with E-state index in [1.807, 2.05) is 26.0 Å². The van der Waals surface area contributed by atoms with Crippen LogP contribution < -0.4 is 10.5 Å². The number of benzene rings is 2. The van der Waals surface area contributed by atoms with Gasteiger partial charge in [0.1, 0.15) is 0 Å². The van der Waals surface area contributed by atoms with E-state index in [1.54, 1.807) is 29.2 Å². The lowest BCUT2D eigenvalue weighted by Crippen LogP contribution is -2.34. The maximum absolute atomic E-state index is 12.9. The number of halogens is 1. The van der Waals surface area contributed by atoms with Gasteiger partial charge in [0.15, 0.2) is 0 Å². The fourth-order valence-electron chi connectivity index (χ4n) is 3.39. The number of rotatable bonds is 5. The molecule has 6 nitrogen and oxygen atoms in total. The van der Waals surface area contributed by atoms with Gasteiger partial charge in [-0.1, -0.05) is 23.8 Å². The second-order valence-corrected chi connectivity index (χ2v) is 8.83. The molecule has 2 atom stereocenters. The first-order chi connectivity index (χ1) is 12.8. The zero-order chi connectivity index (χ0) is 19.6. The van der Waals surface area contributed by atoms with Crippen LogP contribution in [0, 0.1) is 12.8 Å². The minimum Gasteiger partial charge on any atom is -0.336 e. The fourth-order valence-corrected chi connectivity index (χ4v) is 4.50. The Morgan fingerprint density at radius 3 is 2.50 bits per heavy atom. The Hall–Kier alpha value is -2.09. The number of likely N-dealkylation sites (tertiary alicyclic amines) is 1. The number of sulfonamides is 1. The highest BCUT2D eigenvalue weighted by Crippen LogP contribution is 2.25. The van der Waals surface area contributed by atoms with E-state index in [0.717, 1.165) is 12.0 Å². The summed E-state index contributed by atoms with van der Waals surface area (Å²) in [5, 5.41) is 0. The minimum atomic E-state index is -3.78. The molecule has 0 aliphatic carbocycles. The molecule has 1 aliphatic rings. The van der Waals surface area contributed by atoms with Gasteiger partial charge >= 0.3 is 0 Å². The average molecular weight is 424 g/mol. The lowest BCUT2D eigenvalue weighted by atomic mass is 10.1. The van der Waals surface area contributed by atoms with Crippen molar-refractivity contribution in [1.82, 2.24) is 4.90 Å². The summed E-state index contributed by atoms with van der Waals surface area (Å²) in [6, 6.07) is 13.3. The van der Waals surface area contributed by atoms with Crippen molar-refractivity contribution in [2.75, 3.05) is 17.8 Å². The Morgan fingerprint density at radius 1 is 1.21 bits per heavy atom. The van der Waals surface area contributed by atoms with Crippen LogP contribution in [0.25, 0.3) is 0 Å². The number of hydrogen-bond acceptors (Lipinski definition) is 4. The molecule has 3 rings (SSSR count). The topological polar surface area (TPSA) is 92.5 Å². The molecule has 0 saturated carbocycles. The Labute approximate surface area is 172 Å². The van der Waals surface area contributed by atoms with Crippen LogP contribution >= 0.6 is 12.4 Å². The van der Waals surface area contributed by atoms with Crippen molar-refractivity contribution in [3.8, 4) is 0 Å². The SMILES string of the molecule is Cc1ccc(NS(=O)(=O)c2cccc(C(=O)N3CC(CN)CC3C)c2)cc1.Cl. The molecule has 152 valence electrons. The van der Waals surface area contributed by atoms with E-state index < -0.39 is 10.0 Å². The maximum Gasteiger partial charge on any atom is 0.261 e. The third-order valence-electron chi connectivity index (χ3n) is 4.95. The number of carbonyl (C=O) groups excluding carboxylic acids is 1. The number of nitrogens with one attached hydrogen (secondary N) is 1. The van der Waals surface area contributed by atoms with E-state index in [2.05, 4.69) is 4.72 Å². The summed E-state index contributed by atoms with van der Waals surface area (Å²) in [5.74, 6) is 0.130. The highest BCUT2D eigenvalue weighted by Gasteiger charge is 2.32. The number of carbonyl (C=O) groups is 1. The second kappa shape index (κ2) is 8.94. The van der Waals surface area contributed by atoms with Crippen molar-refractivity contribution in [2.45, 2.75) is 31.2 Å². The first kappa shape index (κ1) is 22.2. The molecule has 8 heteroatoms. The second-order valence-electron chi connectivity index (χ2n) is 7.14. The van der Waals surface area contributed by atoms with E-state index in [1.165, 1.54) is 12.1 Å². The Bertz CT molecular complexity index is 932. The number of hydrogen-bond donors (Lipinski definition) is 2. The van der Waals surface area contributed by atoms with Crippen LogP contribution in [0.3, 0.4) is 0 Å². The quantitative estimate of drug-likeness (QED) is 0.773. The Morgan fingerprint density at radius 2 is 1.89 bits per heavy atom. The van der Waals surface area contributed by atoms with E-state index in [9.17, 15) is 13.2 Å². The first-order valence-corrected chi connectivity index (χ1v) is 10.5. The molecule has 3 N–H and O–H groups in total. The summed E-state index contributed by atoms with van der Waals surface area (Å²) >= 11 is 0. The maximum atomic E-state index is 12.9. The van der Waals surface area contributed by atoms with Crippen molar-refractivity contribution < 1.29 is 13.2 Å². The Balaban J connectivity index is 0.00000280. The van der Waals surface area contributed by atoms with Crippen molar-refractivity contribution in [3.05, 3.63) is 59.7 Å². The summed E-state index contributed by atoms with van der Waals surface area (Å²) in [4.78, 5) is 14.7. The van der Waals surface area contributed by atoms with Crippen LogP contribution in [-0.4, -0.2) is 38.4 Å². The zero-order valence-corrected chi connectivity index (χ0v) is 17.6. The van der Waals surface area contributed by atoms with Crippen LogP contribution in [0.4, 0.5) is 5.69 Å². The lowest BCUT2D eigenvalue weighted by molar-refractivity contribution is 0.0743. The van der Waals surface area contributed by atoms with Gasteiger partial charge in [0.05, 0.1) is 4.90 Å². The first-order valence-electron chi connectivity index (χ1n) is 9.01. The fraction of sp³-hybridized carbons (Fsp3) is 0.350. The summed E-state index contributed by atoms with van der Waals surface area (Å²) < 4.78 is 27.9. The molecule has 0 spiro atoms. The third-order valence-corrected chi connectivity index (χ3v) is 6.33. The predicted octanol–water partition coefficient (Wildman–Crippen LogP) is 3.03. The zero-order valence-electron chi connectivity index (χ0n) is 16.0. The molecule has 1 saturated heterocycles. The van der Waals surface area contributed by atoms with Gasteiger partial charge in [-0.15, -0.1) is 12.4 Å². The summed E-state index contributed by atoms with van der Waals surface area (Å²) in [6.45, 7) is 5.08. The molecule has 1 heterocycles. The molecular weight excluding hydrogens is 398 g/mol. The summed E-state index contributed by atoms with van der Waals surface area (Å²) in [5.41, 5.74) is 7.63. The summed E-state index contributed by atoms with van der Waals surface area (Å²) in [6.07, 6.45) is 0.870. The third kappa shape index (κ3) is 4.84. The molecule has 1 amide bonds. The minimum absolute atomic E-state index is 0. The molecule has 2 aromatic rings. The molecule has 1 fully saturated rings. The van der Waals surface area contributed by atoms with Gasteiger partial charge in [0.25, 0.3) is 15.9 Å². The molecule has 0 aromatic heterocycles. The molecule has 28 heavy (non-hydrogen) atoms. The van der Waals surface area contributed by atoms with E-state index in [4.69, 9.17) is 5.73 Å². The van der Waals surface area contributed by atoms with Gasteiger partial charge in [0.2, 0.25) is 0 Å². The standard InChI is InChI=1S/C20H25N3O3S.ClH/c1-14-6-8-18(9-7-14)22-27(25,26)19-5-3-4-17(11-19)20(24)23-13-16(12-21)10-15(23)2;/h3-9,11,15-16,22H,10,12-13,21H2,1-2H3;1H. The van der Waals surface area contributed by atoms with E-state index in [0.29, 0.717) is 30.3 Å².